The van der Waals surface area contributed by atoms with Crippen molar-refractivity contribution in [1.82, 2.24) is 14.5 Å². The standard InChI is InChI=1S/C18H20N4O4S/c1-3-4-11(8-27)22-16-15(26-18(22)23)7-19-17(21-16)20-12-6-14-13(5-10(12)2)24-9-25-14/h5-7,11,27H,3-4,8-9H2,1-2H3,(H,19,20,21). The van der Waals surface area contributed by atoms with Crippen LogP contribution in [0.1, 0.15) is 31.4 Å². The predicted molar refractivity (Wildman–Crippen MR) is 104 cm³/mol. The average Bonchev–Trinajstić information content (AvgIpc) is 3.23. The lowest BCUT2D eigenvalue weighted by molar-refractivity contribution is 0.174. The van der Waals surface area contributed by atoms with Gasteiger partial charge in [-0.1, -0.05) is 13.3 Å². The quantitative estimate of drug-likeness (QED) is 0.625. The molecule has 4 rings (SSSR count). The zero-order valence-corrected chi connectivity index (χ0v) is 16.0. The fourth-order valence-electron chi connectivity index (χ4n) is 3.15. The van der Waals surface area contributed by atoms with Crippen LogP contribution < -0.4 is 20.5 Å². The molecule has 2 aromatic heterocycles. The number of nitrogens with zero attached hydrogens (tertiary/aromatic N) is 3. The number of nitrogens with one attached hydrogen (secondary N) is 1. The van der Waals surface area contributed by atoms with Crippen molar-refractivity contribution in [3.63, 3.8) is 0 Å². The predicted octanol–water partition coefficient (Wildman–Crippen LogP) is 3.44. The minimum atomic E-state index is -0.441. The Morgan fingerprint density at radius 1 is 1.33 bits per heavy atom. The number of rotatable bonds is 6. The number of aromatic nitrogens is 3. The maximum atomic E-state index is 12.3. The van der Waals surface area contributed by atoms with Crippen LogP contribution in [-0.4, -0.2) is 27.1 Å². The lowest BCUT2D eigenvalue weighted by atomic mass is 10.2. The molecule has 0 amide bonds. The Bertz CT molecular complexity index is 1050. The number of thiol groups is 1. The molecule has 1 aromatic carbocycles. The smallest absolute Gasteiger partial charge is 0.421 e. The molecule has 3 heterocycles. The molecule has 0 saturated carbocycles. The van der Waals surface area contributed by atoms with Gasteiger partial charge in [0.2, 0.25) is 12.7 Å². The highest BCUT2D eigenvalue weighted by Gasteiger charge is 2.20. The summed E-state index contributed by atoms with van der Waals surface area (Å²) in [6.45, 7) is 4.23. The van der Waals surface area contributed by atoms with Gasteiger partial charge in [0.15, 0.2) is 22.7 Å². The molecule has 1 N–H and O–H groups in total. The molecular formula is C18H20N4O4S. The first kappa shape index (κ1) is 17.7. The summed E-state index contributed by atoms with van der Waals surface area (Å²) in [7, 11) is 0. The van der Waals surface area contributed by atoms with Gasteiger partial charge in [-0.2, -0.15) is 17.6 Å². The van der Waals surface area contributed by atoms with Crippen LogP contribution in [0.3, 0.4) is 0 Å². The maximum absolute atomic E-state index is 12.3. The number of hydrogen-bond acceptors (Lipinski definition) is 8. The molecule has 0 radical (unpaired) electrons. The van der Waals surface area contributed by atoms with Gasteiger partial charge in [0, 0.05) is 17.5 Å². The van der Waals surface area contributed by atoms with E-state index < -0.39 is 5.76 Å². The molecule has 0 fully saturated rings. The van der Waals surface area contributed by atoms with Gasteiger partial charge in [-0.25, -0.2) is 9.78 Å². The Balaban J connectivity index is 1.72. The van der Waals surface area contributed by atoms with Gasteiger partial charge in [-0.05, 0) is 25.0 Å². The normalized spacial score (nSPS) is 13.9. The first-order valence-electron chi connectivity index (χ1n) is 8.77. The Morgan fingerprint density at radius 3 is 2.85 bits per heavy atom. The molecule has 0 bridgehead atoms. The molecule has 0 spiro atoms. The minimum Gasteiger partial charge on any atom is -0.454 e. The highest BCUT2D eigenvalue weighted by Crippen LogP contribution is 2.37. The molecular weight excluding hydrogens is 368 g/mol. The van der Waals surface area contributed by atoms with E-state index >= 15 is 0 Å². The van der Waals surface area contributed by atoms with E-state index in [0.717, 1.165) is 24.1 Å². The van der Waals surface area contributed by atoms with Crippen molar-refractivity contribution in [1.29, 1.82) is 0 Å². The van der Waals surface area contributed by atoms with E-state index in [4.69, 9.17) is 13.9 Å². The van der Waals surface area contributed by atoms with Gasteiger partial charge in [-0.15, -0.1) is 0 Å². The SMILES string of the molecule is CCCC(CS)n1c(=O)oc2cnc(Nc3cc4c(cc3C)OCO4)nc21. The first-order valence-corrected chi connectivity index (χ1v) is 9.40. The minimum absolute atomic E-state index is 0.0814. The molecule has 1 unspecified atom stereocenters. The number of benzene rings is 1. The number of ether oxygens (including phenoxy) is 2. The summed E-state index contributed by atoms with van der Waals surface area (Å²) in [5.41, 5.74) is 2.58. The van der Waals surface area contributed by atoms with Crippen molar-refractivity contribution in [2.75, 3.05) is 17.9 Å². The molecule has 1 atom stereocenters. The molecule has 0 aliphatic carbocycles. The van der Waals surface area contributed by atoms with Crippen LogP contribution in [0, 0.1) is 6.92 Å². The second-order valence-corrected chi connectivity index (χ2v) is 6.76. The van der Waals surface area contributed by atoms with Crippen molar-refractivity contribution >= 4 is 35.5 Å². The van der Waals surface area contributed by atoms with Crippen molar-refractivity contribution < 1.29 is 13.9 Å². The van der Waals surface area contributed by atoms with E-state index in [2.05, 4.69) is 34.8 Å². The van der Waals surface area contributed by atoms with Crippen LogP contribution in [0.5, 0.6) is 11.5 Å². The third-order valence-corrected chi connectivity index (χ3v) is 4.94. The third-order valence-electron chi connectivity index (χ3n) is 4.52. The van der Waals surface area contributed by atoms with E-state index in [-0.39, 0.29) is 12.8 Å². The van der Waals surface area contributed by atoms with E-state index in [1.54, 1.807) is 4.57 Å². The summed E-state index contributed by atoms with van der Waals surface area (Å²) >= 11 is 4.38. The Morgan fingerprint density at radius 2 is 2.11 bits per heavy atom. The highest BCUT2D eigenvalue weighted by atomic mass is 32.1. The zero-order chi connectivity index (χ0) is 19.0. The van der Waals surface area contributed by atoms with E-state index in [0.29, 0.717) is 34.4 Å². The largest absolute Gasteiger partial charge is 0.454 e. The van der Waals surface area contributed by atoms with Crippen LogP contribution in [0.15, 0.2) is 27.5 Å². The number of aryl methyl sites for hydroxylation is 1. The molecule has 27 heavy (non-hydrogen) atoms. The number of hydrogen-bond donors (Lipinski definition) is 2. The Labute approximate surface area is 160 Å². The molecule has 3 aromatic rings. The number of fused-ring (bicyclic) bond motifs is 2. The summed E-state index contributed by atoms with van der Waals surface area (Å²) in [6.07, 6.45) is 3.25. The van der Waals surface area contributed by atoms with Crippen molar-refractivity contribution in [3.05, 3.63) is 34.4 Å². The molecule has 1 aliphatic heterocycles. The summed E-state index contributed by atoms with van der Waals surface area (Å²) in [5, 5.41) is 3.19. The summed E-state index contributed by atoms with van der Waals surface area (Å²) in [5.74, 6) is 1.84. The van der Waals surface area contributed by atoms with Crippen molar-refractivity contribution in [3.8, 4) is 11.5 Å². The van der Waals surface area contributed by atoms with Gasteiger partial charge in [-0.3, -0.25) is 4.57 Å². The highest BCUT2D eigenvalue weighted by molar-refractivity contribution is 7.80. The van der Waals surface area contributed by atoms with E-state index in [1.807, 2.05) is 19.1 Å². The first-order chi connectivity index (χ1) is 13.1. The molecule has 8 nitrogen and oxygen atoms in total. The van der Waals surface area contributed by atoms with Crippen LogP contribution >= 0.6 is 12.6 Å². The Kier molecular flexibility index (Phi) is 4.69. The van der Waals surface area contributed by atoms with Crippen LogP contribution in [-0.2, 0) is 0 Å². The van der Waals surface area contributed by atoms with Crippen molar-refractivity contribution in [2.45, 2.75) is 32.7 Å². The number of anilines is 2. The second-order valence-electron chi connectivity index (χ2n) is 6.39. The van der Waals surface area contributed by atoms with Gasteiger partial charge in [0.25, 0.3) is 0 Å². The van der Waals surface area contributed by atoms with Gasteiger partial charge in [0.05, 0.1) is 12.2 Å². The zero-order valence-electron chi connectivity index (χ0n) is 15.1. The monoisotopic (exact) mass is 388 g/mol. The second kappa shape index (κ2) is 7.15. The molecule has 1 aliphatic rings. The molecule has 9 heteroatoms. The van der Waals surface area contributed by atoms with E-state index in [1.165, 1.54) is 6.20 Å². The lowest BCUT2D eigenvalue weighted by Crippen LogP contribution is -2.22. The third kappa shape index (κ3) is 3.23. The Hall–Kier alpha value is -2.68. The van der Waals surface area contributed by atoms with E-state index in [9.17, 15) is 4.79 Å². The topological polar surface area (TPSA) is 91.4 Å². The summed E-state index contributed by atoms with van der Waals surface area (Å²) in [4.78, 5) is 21.1. The van der Waals surface area contributed by atoms with Crippen LogP contribution in [0.4, 0.5) is 11.6 Å². The fraction of sp³-hybridized carbons (Fsp3) is 0.389. The summed E-state index contributed by atoms with van der Waals surface area (Å²) in [6, 6.07) is 3.67. The van der Waals surface area contributed by atoms with Crippen molar-refractivity contribution in [2.24, 2.45) is 0 Å². The lowest BCUT2D eigenvalue weighted by Gasteiger charge is -2.14. The van der Waals surface area contributed by atoms with Gasteiger partial charge < -0.3 is 19.2 Å². The van der Waals surface area contributed by atoms with Gasteiger partial charge >= 0.3 is 5.76 Å². The van der Waals surface area contributed by atoms with Crippen LogP contribution in [0.2, 0.25) is 0 Å². The van der Waals surface area contributed by atoms with Crippen LogP contribution in [0.25, 0.3) is 11.2 Å². The van der Waals surface area contributed by atoms with Gasteiger partial charge in [0.1, 0.15) is 0 Å². The average molecular weight is 388 g/mol. The molecule has 142 valence electrons. The maximum Gasteiger partial charge on any atom is 0.421 e. The fourth-order valence-corrected chi connectivity index (χ4v) is 3.50. The molecule has 0 saturated heterocycles. The number of oxazole rings is 1. The summed E-state index contributed by atoms with van der Waals surface area (Å²) < 4.78 is 17.7.